The van der Waals surface area contributed by atoms with Crippen molar-refractivity contribution in [2.45, 2.75) is 31.9 Å². The highest BCUT2D eigenvalue weighted by atomic mass is 127. The Kier molecular flexibility index (Phi) is 2.91. The van der Waals surface area contributed by atoms with Crippen molar-refractivity contribution in [2.24, 2.45) is 0 Å². The maximum atomic E-state index is 10.5. The van der Waals surface area contributed by atoms with Gasteiger partial charge in [-0.05, 0) is 12.8 Å². The van der Waals surface area contributed by atoms with E-state index in [1.165, 1.54) is 6.92 Å². The third-order valence-electron chi connectivity index (χ3n) is 1.63. The summed E-state index contributed by atoms with van der Waals surface area (Å²) in [5, 5.41) is 2.82. The van der Waals surface area contributed by atoms with Crippen LogP contribution in [0, 0.1) is 0 Å². The van der Waals surface area contributed by atoms with Crippen LogP contribution in [0.3, 0.4) is 0 Å². The van der Waals surface area contributed by atoms with Crippen LogP contribution in [0.4, 0.5) is 0 Å². The van der Waals surface area contributed by atoms with Crippen LogP contribution >= 0.6 is 23.0 Å². The van der Waals surface area contributed by atoms with Crippen molar-refractivity contribution in [3.8, 4) is 0 Å². The molecule has 0 spiro atoms. The van der Waals surface area contributed by atoms with Gasteiger partial charge in [0.1, 0.15) is 23.0 Å². The second-order valence-electron chi connectivity index (χ2n) is 2.58. The number of rotatable bonds is 2. The Balaban J connectivity index is 2.08. The molecule has 1 N–H and O–H groups in total. The molecule has 0 heterocycles. The van der Waals surface area contributed by atoms with Gasteiger partial charge in [-0.25, -0.2) is 0 Å². The lowest BCUT2D eigenvalue weighted by Gasteiger charge is -2.33. The molecule has 1 saturated carbocycles. The van der Waals surface area contributed by atoms with Gasteiger partial charge in [0.25, 0.3) is 0 Å². The molecule has 0 aliphatic heterocycles. The fraction of sp³-hybridized carbons (Fsp3) is 0.833. The molecule has 1 aliphatic carbocycles. The highest BCUT2D eigenvalue weighted by molar-refractivity contribution is 14.1. The fourth-order valence-electron chi connectivity index (χ4n) is 1.04. The Morgan fingerprint density at radius 1 is 1.70 bits per heavy atom. The molecule has 1 rings (SSSR count). The van der Waals surface area contributed by atoms with E-state index in [1.54, 1.807) is 0 Å². The van der Waals surface area contributed by atoms with Crippen LogP contribution in [0.5, 0.6) is 0 Å². The lowest BCUT2D eigenvalue weighted by molar-refractivity contribution is -0.120. The van der Waals surface area contributed by atoms with E-state index in [-0.39, 0.29) is 5.91 Å². The Bertz CT molecular complexity index is 134. The number of hydrogen-bond donors (Lipinski definition) is 1. The molecule has 1 amide bonds. The van der Waals surface area contributed by atoms with E-state index in [0.717, 1.165) is 12.8 Å². The third-order valence-corrected chi connectivity index (χ3v) is 2.35. The van der Waals surface area contributed by atoms with Crippen LogP contribution in [0.25, 0.3) is 0 Å². The fourth-order valence-corrected chi connectivity index (χ4v) is 1.46. The van der Waals surface area contributed by atoms with Crippen molar-refractivity contribution in [2.75, 3.05) is 0 Å². The van der Waals surface area contributed by atoms with E-state index < -0.39 is 0 Å². The molecular formula is C6H10INO2. The quantitative estimate of drug-likeness (QED) is 0.748. The lowest BCUT2D eigenvalue weighted by atomic mass is 9.89. The van der Waals surface area contributed by atoms with E-state index in [1.807, 2.05) is 23.0 Å². The van der Waals surface area contributed by atoms with Crippen molar-refractivity contribution >= 4 is 28.9 Å². The molecule has 58 valence electrons. The van der Waals surface area contributed by atoms with Gasteiger partial charge in [0, 0.05) is 13.0 Å². The highest BCUT2D eigenvalue weighted by Gasteiger charge is 2.29. The summed E-state index contributed by atoms with van der Waals surface area (Å²) >= 11 is 1.90. The molecule has 0 aromatic carbocycles. The first-order chi connectivity index (χ1) is 4.72. The summed E-state index contributed by atoms with van der Waals surface area (Å²) < 4.78 is 5.02. The molecule has 0 aromatic heterocycles. The zero-order valence-electron chi connectivity index (χ0n) is 5.76. The van der Waals surface area contributed by atoms with Crippen LogP contribution in [-0.4, -0.2) is 18.1 Å². The minimum atomic E-state index is 0.0527. The number of nitrogens with one attached hydrogen (secondary N) is 1. The van der Waals surface area contributed by atoms with Crippen molar-refractivity contribution in [3.05, 3.63) is 0 Å². The standard InChI is InChI=1S/C6H10INO2/c1-4(9)8-5-2-6(3-5)10-7/h5-6H,2-3H2,1H3,(H,8,9)/t5-,6-. The molecule has 0 bridgehead atoms. The molecule has 1 aliphatic rings. The normalized spacial score (nSPS) is 31.0. The van der Waals surface area contributed by atoms with Crippen LogP contribution in [-0.2, 0) is 7.86 Å². The van der Waals surface area contributed by atoms with Crippen LogP contribution in [0.2, 0.25) is 0 Å². The molecule has 0 saturated heterocycles. The summed E-state index contributed by atoms with van der Waals surface area (Å²) in [6.07, 6.45) is 2.28. The van der Waals surface area contributed by atoms with E-state index in [9.17, 15) is 4.79 Å². The maximum Gasteiger partial charge on any atom is 0.217 e. The van der Waals surface area contributed by atoms with Crippen molar-refractivity contribution < 1.29 is 7.86 Å². The summed E-state index contributed by atoms with van der Waals surface area (Å²) in [6.45, 7) is 1.54. The summed E-state index contributed by atoms with van der Waals surface area (Å²) in [5.74, 6) is 0.0527. The number of carbonyl (C=O) groups excluding carboxylic acids is 1. The second-order valence-corrected chi connectivity index (χ2v) is 3.09. The minimum absolute atomic E-state index is 0.0527. The molecule has 3 nitrogen and oxygen atoms in total. The van der Waals surface area contributed by atoms with Crippen molar-refractivity contribution in [3.63, 3.8) is 0 Å². The van der Waals surface area contributed by atoms with E-state index >= 15 is 0 Å². The third kappa shape index (κ3) is 2.09. The average molecular weight is 255 g/mol. The first-order valence-electron chi connectivity index (χ1n) is 3.27. The van der Waals surface area contributed by atoms with Crippen molar-refractivity contribution in [1.82, 2.24) is 5.32 Å². The van der Waals surface area contributed by atoms with Crippen LogP contribution in [0.15, 0.2) is 0 Å². The monoisotopic (exact) mass is 255 g/mol. The summed E-state index contributed by atoms with van der Waals surface area (Å²) in [7, 11) is 0. The molecule has 0 radical (unpaired) electrons. The average Bonchev–Trinajstić information content (AvgIpc) is 1.76. The van der Waals surface area contributed by atoms with Crippen molar-refractivity contribution in [1.29, 1.82) is 0 Å². The Labute approximate surface area is 74.2 Å². The Morgan fingerprint density at radius 2 is 2.30 bits per heavy atom. The first kappa shape index (κ1) is 8.26. The molecule has 1 fully saturated rings. The minimum Gasteiger partial charge on any atom is -0.353 e. The smallest absolute Gasteiger partial charge is 0.217 e. The lowest BCUT2D eigenvalue weighted by Crippen LogP contribution is -2.46. The number of halogens is 1. The molecule has 4 heteroatoms. The molecule has 10 heavy (non-hydrogen) atoms. The topological polar surface area (TPSA) is 38.3 Å². The second kappa shape index (κ2) is 3.52. The molecular weight excluding hydrogens is 245 g/mol. The maximum absolute atomic E-state index is 10.5. The van der Waals surface area contributed by atoms with Gasteiger partial charge >= 0.3 is 0 Å². The number of hydrogen-bond acceptors (Lipinski definition) is 2. The number of carbonyl (C=O) groups is 1. The van der Waals surface area contributed by atoms with Gasteiger partial charge in [-0.3, -0.25) is 4.79 Å². The van der Waals surface area contributed by atoms with Gasteiger partial charge in [0.05, 0.1) is 6.10 Å². The van der Waals surface area contributed by atoms with Crippen LogP contribution in [0.1, 0.15) is 19.8 Å². The molecule has 0 atom stereocenters. The van der Waals surface area contributed by atoms with E-state index in [4.69, 9.17) is 3.07 Å². The first-order valence-corrected chi connectivity index (χ1v) is 4.15. The Hall–Kier alpha value is 0.160. The SMILES string of the molecule is CC(=O)N[C@H]1C[C@H](OI)C1. The predicted octanol–water partition coefficient (Wildman–Crippen LogP) is 1.02. The van der Waals surface area contributed by atoms with Gasteiger partial charge < -0.3 is 8.38 Å². The summed E-state index contributed by atoms with van der Waals surface area (Å²) in [6, 6.07) is 0.359. The van der Waals surface area contributed by atoms with Gasteiger partial charge in [-0.1, -0.05) is 0 Å². The largest absolute Gasteiger partial charge is 0.353 e. The van der Waals surface area contributed by atoms with Gasteiger partial charge in [0.15, 0.2) is 0 Å². The predicted molar refractivity (Wildman–Crippen MR) is 45.7 cm³/mol. The van der Waals surface area contributed by atoms with E-state index in [0.29, 0.717) is 12.1 Å². The van der Waals surface area contributed by atoms with Gasteiger partial charge in [0.2, 0.25) is 5.91 Å². The van der Waals surface area contributed by atoms with Gasteiger partial charge in [-0.15, -0.1) is 0 Å². The van der Waals surface area contributed by atoms with Crippen LogP contribution < -0.4 is 5.32 Å². The zero-order chi connectivity index (χ0) is 7.56. The molecule has 0 unspecified atom stereocenters. The summed E-state index contributed by atoms with van der Waals surface area (Å²) in [5.41, 5.74) is 0. The molecule has 0 aromatic rings. The number of amides is 1. The zero-order valence-corrected chi connectivity index (χ0v) is 7.92. The highest BCUT2D eigenvalue weighted by Crippen LogP contribution is 2.24. The van der Waals surface area contributed by atoms with Gasteiger partial charge in [-0.2, -0.15) is 0 Å². The Morgan fingerprint density at radius 3 is 2.70 bits per heavy atom. The summed E-state index contributed by atoms with van der Waals surface area (Å²) in [4.78, 5) is 10.5. The van der Waals surface area contributed by atoms with E-state index in [2.05, 4.69) is 5.32 Å².